The van der Waals surface area contributed by atoms with Gasteiger partial charge < -0.3 is 19.0 Å². The van der Waals surface area contributed by atoms with Crippen molar-refractivity contribution < 1.29 is 37.8 Å². The molecule has 0 saturated carbocycles. The Morgan fingerprint density at radius 3 is 2.08 bits per heavy atom. The summed E-state index contributed by atoms with van der Waals surface area (Å²) in [5.41, 5.74) is -0.281. The molecule has 65 valence electrons. The van der Waals surface area contributed by atoms with E-state index in [9.17, 15) is 0 Å². The third-order valence-corrected chi connectivity index (χ3v) is 1.63. The average Bonchev–Trinajstić information content (AvgIpc) is 2.05. The van der Waals surface area contributed by atoms with Gasteiger partial charge in [0.1, 0.15) is 5.75 Å². The van der Waals surface area contributed by atoms with Crippen LogP contribution in [-0.4, -0.2) is 5.11 Å². The number of aromatic hydroxyl groups is 1. The molecule has 0 spiro atoms. The van der Waals surface area contributed by atoms with E-state index >= 15 is 0 Å². The standard InChI is InChI=1S/C10H9NO.Y/c1-10(2,7-11)8-3-5-9(12)6-4-8;/h3-6,12H,1-2H2;/q-2;. The third-order valence-electron chi connectivity index (χ3n) is 1.63. The van der Waals surface area contributed by atoms with Gasteiger partial charge in [-0.2, -0.15) is 5.41 Å². The van der Waals surface area contributed by atoms with Crippen molar-refractivity contribution in [3.8, 4) is 11.8 Å². The van der Waals surface area contributed by atoms with Crippen molar-refractivity contribution in [3.05, 3.63) is 43.7 Å². The van der Waals surface area contributed by atoms with Crippen LogP contribution in [0, 0.1) is 25.2 Å². The SMILES string of the molecule is [CH2-]C([CH2-])(C#N)c1ccc(O)cc1.[Y]. The van der Waals surface area contributed by atoms with E-state index < -0.39 is 5.41 Å². The molecule has 1 radical (unpaired) electrons. The van der Waals surface area contributed by atoms with Crippen LogP contribution in [0.2, 0.25) is 0 Å². The molecule has 0 bridgehead atoms. The molecule has 0 aromatic heterocycles. The van der Waals surface area contributed by atoms with Gasteiger partial charge in [-0.05, 0) is 12.1 Å². The van der Waals surface area contributed by atoms with Gasteiger partial charge in [-0.15, -0.1) is 0 Å². The molecule has 0 atom stereocenters. The van der Waals surface area contributed by atoms with E-state index in [1.165, 1.54) is 12.1 Å². The Kier molecular flexibility index (Phi) is 4.60. The molecule has 0 aliphatic carbocycles. The molecule has 1 N–H and O–H groups in total. The molecule has 0 fully saturated rings. The molecule has 0 amide bonds. The fraction of sp³-hybridized carbons (Fsp3) is 0.100. The Hall–Kier alpha value is -0.386. The molecule has 0 aliphatic heterocycles. The Morgan fingerprint density at radius 2 is 1.69 bits per heavy atom. The monoisotopic (exact) mass is 248 g/mol. The third kappa shape index (κ3) is 3.10. The van der Waals surface area contributed by atoms with E-state index in [0.717, 1.165) is 0 Å². The molecule has 3 heteroatoms. The van der Waals surface area contributed by atoms with Crippen molar-refractivity contribution in [2.24, 2.45) is 0 Å². The fourth-order valence-corrected chi connectivity index (χ4v) is 0.845. The fourth-order valence-electron chi connectivity index (χ4n) is 0.845. The van der Waals surface area contributed by atoms with E-state index in [2.05, 4.69) is 13.8 Å². The molecular weight excluding hydrogens is 239 g/mol. The largest absolute Gasteiger partial charge is 0.508 e. The summed E-state index contributed by atoms with van der Waals surface area (Å²) in [5.74, 6) is 0.174. The molecule has 0 aliphatic rings. The molecule has 2 nitrogen and oxygen atoms in total. The summed E-state index contributed by atoms with van der Waals surface area (Å²) in [7, 11) is 0. The normalized spacial score (nSPS) is 9.92. The van der Waals surface area contributed by atoms with Crippen LogP contribution in [0.3, 0.4) is 0 Å². The zero-order valence-electron chi connectivity index (χ0n) is 7.20. The molecular formula is C10H9NOY-2. The maximum Gasteiger partial charge on any atom is 0.115 e. The van der Waals surface area contributed by atoms with Crippen LogP contribution in [0.15, 0.2) is 24.3 Å². The summed E-state index contributed by atoms with van der Waals surface area (Å²) < 4.78 is 0. The van der Waals surface area contributed by atoms with Crippen LogP contribution in [-0.2, 0) is 38.1 Å². The summed E-state index contributed by atoms with van der Waals surface area (Å²) in [5, 5.41) is 17.7. The Bertz CT molecular complexity index is 311. The number of phenols is 1. The first-order valence-electron chi connectivity index (χ1n) is 3.48. The van der Waals surface area contributed by atoms with Gasteiger partial charge >= 0.3 is 0 Å². The summed E-state index contributed by atoms with van der Waals surface area (Å²) in [4.78, 5) is 0. The van der Waals surface area contributed by atoms with Crippen LogP contribution < -0.4 is 0 Å². The molecule has 1 rings (SSSR count). The van der Waals surface area contributed by atoms with Crippen molar-refractivity contribution >= 4 is 0 Å². The molecule has 1 aromatic rings. The Balaban J connectivity index is 0.00000144. The number of phenolic OH excluding ortho intramolecular Hbond substituents is 1. The molecule has 0 saturated heterocycles. The zero-order chi connectivity index (χ0) is 9.19. The van der Waals surface area contributed by atoms with Gasteiger partial charge in [0.25, 0.3) is 0 Å². The predicted octanol–water partition coefficient (Wildman–Crippen LogP) is 1.82. The minimum atomic E-state index is -0.978. The van der Waals surface area contributed by atoms with Crippen LogP contribution in [0.5, 0.6) is 5.75 Å². The first-order chi connectivity index (χ1) is 5.56. The van der Waals surface area contributed by atoms with Gasteiger partial charge in [-0.1, -0.05) is 17.7 Å². The van der Waals surface area contributed by atoms with Crippen LogP contribution in [0.25, 0.3) is 0 Å². The second kappa shape index (κ2) is 4.74. The molecule has 13 heavy (non-hydrogen) atoms. The van der Waals surface area contributed by atoms with E-state index in [4.69, 9.17) is 10.4 Å². The van der Waals surface area contributed by atoms with Gasteiger partial charge in [0, 0.05) is 38.8 Å². The van der Waals surface area contributed by atoms with E-state index in [1.807, 2.05) is 6.07 Å². The molecule has 1 aromatic carbocycles. The van der Waals surface area contributed by atoms with Crippen molar-refractivity contribution in [3.63, 3.8) is 0 Å². The van der Waals surface area contributed by atoms with Crippen LogP contribution >= 0.6 is 0 Å². The summed E-state index contributed by atoms with van der Waals surface area (Å²) >= 11 is 0. The van der Waals surface area contributed by atoms with Gasteiger partial charge in [0.2, 0.25) is 0 Å². The Morgan fingerprint density at radius 1 is 1.23 bits per heavy atom. The van der Waals surface area contributed by atoms with Crippen molar-refractivity contribution in [1.82, 2.24) is 0 Å². The number of hydrogen-bond acceptors (Lipinski definition) is 2. The van der Waals surface area contributed by atoms with Gasteiger partial charge in [0.05, 0.1) is 0 Å². The summed E-state index contributed by atoms with van der Waals surface area (Å²) in [6.07, 6.45) is 0. The average molecular weight is 248 g/mol. The second-order valence-electron chi connectivity index (χ2n) is 2.74. The number of hydrogen-bond donors (Lipinski definition) is 1. The van der Waals surface area contributed by atoms with Gasteiger partial charge in [-0.3, -0.25) is 0 Å². The number of rotatable bonds is 1. The van der Waals surface area contributed by atoms with Gasteiger partial charge in [0.15, 0.2) is 0 Å². The number of benzene rings is 1. The number of nitriles is 1. The first-order valence-corrected chi connectivity index (χ1v) is 3.48. The minimum absolute atomic E-state index is 0. The smallest absolute Gasteiger partial charge is 0.115 e. The van der Waals surface area contributed by atoms with Crippen LogP contribution in [0.1, 0.15) is 5.56 Å². The summed E-state index contributed by atoms with van der Waals surface area (Å²) in [6, 6.07) is 8.27. The zero-order valence-corrected chi connectivity index (χ0v) is 10.0. The minimum Gasteiger partial charge on any atom is -0.508 e. The molecule has 0 unspecified atom stereocenters. The molecule has 0 heterocycles. The van der Waals surface area contributed by atoms with E-state index in [0.29, 0.717) is 5.56 Å². The van der Waals surface area contributed by atoms with Crippen molar-refractivity contribution in [1.29, 1.82) is 5.26 Å². The number of nitrogens with zero attached hydrogens (tertiary/aromatic N) is 1. The first kappa shape index (κ1) is 12.6. The maximum atomic E-state index is 8.97. The summed E-state index contributed by atoms with van der Waals surface area (Å²) in [6.45, 7) is 7.27. The second-order valence-corrected chi connectivity index (χ2v) is 2.74. The topological polar surface area (TPSA) is 44.0 Å². The predicted molar refractivity (Wildman–Crippen MR) is 46.1 cm³/mol. The Labute approximate surface area is 103 Å². The van der Waals surface area contributed by atoms with Crippen molar-refractivity contribution in [2.75, 3.05) is 0 Å². The van der Waals surface area contributed by atoms with E-state index in [-0.39, 0.29) is 38.5 Å². The maximum absolute atomic E-state index is 8.97. The van der Waals surface area contributed by atoms with Crippen LogP contribution in [0.4, 0.5) is 0 Å². The van der Waals surface area contributed by atoms with Crippen molar-refractivity contribution in [2.45, 2.75) is 5.41 Å². The van der Waals surface area contributed by atoms with E-state index in [1.54, 1.807) is 12.1 Å². The quantitative estimate of drug-likeness (QED) is 0.770. The van der Waals surface area contributed by atoms with Gasteiger partial charge in [-0.25, -0.2) is 5.26 Å².